The van der Waals surface area contributed by atoms with Crippen molar-refractivity contribution in [2.45, 2.75) is 75.8 Å². The molecule has 2 aromatic heterocycles. The molecule has 32 heavy (non-hydrogen) atoms. The molecule has 0 aliphatic heterocycles. The highest BCUT2D eigenvalue weighted by atomic mass is 32.2. The maximum absolute atomic E-state index is 13.3. The van der Waals surface area contributed by atoms with E-state index < -0.39 is 10.0 Å². The Bertz CT molecular complexity index is 1230. The third-order valence-corrected chi connectivity index (χ3v) is 9.04. The number of rotatable bonds is 5. The van der Waals surface area contributed by atoms with Crippen molar-refractivity contribution in [1.82, 2.24) is 14.1 Å². The number of benzene rings is 1. The van der Waals surface area contributed by atoms with E-state index in [-0.39, 0.29) is 22.5 Å². The van der Waals surface area contributed by atoms with E-state index in [0.29, 0.717) is 31.4 Å². The van der Waals surface area contributed by atoms with Crippen LogP contribution in [0.15, 0.2) is 29.3 Å². The zero-order valence-electron chi connectivity index (χ0n) is 19.3. The van der Waals surface area contributed by atoms with Gasteiger partial charge in [-0.15, -0.1) is 11.3 Å². The second-order valence-electron chi connectivity index (χ2n) is 9.63. The van der Waals surface area contributed by atoms with Crippen LogP contribution in [-0.4, -0.2) is 42.1 Å². The van der Waals surface area contributed by atoms with E-state index in [4.69, 9.17) is 4.98 Å². The molecule has 3 N–H and O–H groups in total. The first kappa shape index (κ1) is 23.2. The molecule has 1 aliphatic carbocycles. The molecule has 9 heteroatoms. The average Bonchev–Trinajstić information content (AvgIpc) is 3.26. The van der Waals surface area contributed by atoms with E-state index in [2.05, 4.69) is 41.4 Å². The lowest BCUT2D eigenvalue weighted by molar-refractivity contribution is 0.120. The Morgan fingerprint density at radius 2 is 1.88 bits per heavy atom. The molecule has 2 heterocycles. The smallest absolute Gasteiger partial charge is 0.242 e. The Labute approximate surface area is 193 Å². The van der Waals surface area contributed by atoms with Crippen molar-refractivity contribution in [3.63, 3.8) is 0 Å². The molecule has 7 nitrogen and oxygen atoms in total. The molecule has 0 spiro atoms. The molecule has 1 fully saturated rings. The number of thiazole rings is 1. The number of aromatic nitrogens is 2. The first-order valence-electron chi connectivity index (χ1n) is 11.0. The number of nitrogens with one attached hydrogen (secondary N) is 2. The number of nitrogens with zero attached hydrogens (tertiary/aromatic N) is 2. The zero-order valence-corrected chi connectivity index (χ0v) is 20.9. The van der Waals surface area contributed by atoms with Crippen molar-refractivity contribution >= 4 is 32.0 Å². The molecule has 3 aromatic rings. The molecule has 174 valence electrons. The molecular formula is C23H32N4O3S2. The lowest BCUT2D eigenvalue weighted by atomic mass is 9.94. The van der Waals surface area contributed by atoms with Crippen LogP contribution < -0.4 is 10.0 Å². The number of aliphatic hydroxyl groups excluding tert-OH is 1. The van der Waals surface area contributed by atoms with Gasteiger partial charge in [0.2, 0.25) is 10.0 Å². The molecule has 0 unspecified atom stereocenters. The molecule has 0 amide bonds. The highest BCUT2D eigenvalue weighted by molar-refractivity contribution is 7.89. The Morgan fingerprint density at radius 3 is 2.50 bits per heavy atom. The van der Waals surface area contributed by atoms with Crippen molar-refractivity contribution in [2.24, 2.45) is 0 Å². The topological polar surface area (TPSA) is 95.7 Å². The van der Waals surface area contributed by atoms with Gasteiger partial charge in [-0.2, -0.15) is 0 Å². The minimum Gasteiger partial charge on any atom is -0.393 e. The second-order valence-corrected chi connectivity index (χ2v) is 12.3. The summed E-state index contributed by atoms with van der Waals surface area (Å²) in [7, 11) is -2.02. The molecule has 0 radical (unpaired) electrons. The van der Waals surface area contributed by atoms with Crippen LogP contribution in [0.4, 0.5) is 5.69 Å². The zero-order chi connectivity index (χ0) is 23.3. The van der Waals surface area contributed by atoms with E-state index in [0.717, 1.165) is 21.9 Å². The van der Waals surface area contributed by atoms with E-state index in [1.54, 1.807) is 24.5 Å². The highest BCUT2D eigenvalue weighted by Crippen LogP contribution is 2.36. The van der Waals surface area contributed by atoms with E-state index in [1.807, 2.05) is 19.1 Å². The quantitative estimate of drug-likeness (QED) is 0.510. The first-order valence-corrected chi connectivity index (χ1v) is 13.3. The predicted molar refractivity (Wildman–Crippen MR) is 130 cm³/mol. The molecule has 0 atom stereocenters. The SMILES string of the molecule is CNc1ccc(-c2c(C)nc3sc(C(C)(C)C)cn23)cc1S(=O)(=O)NC1CCC(O)CC1. The summed E-state index contributed by atoms with van der Waals surface area (Å²) in [5.74, 6) is 0. The van der Waals surface area contributed by atoms with Gasteiger partial charge in [-0.3, -0.25) is 4.40 Å². The predicted octanol–water partition coefficient (Wildman–Crippen LogP) is 4.29. The van der Waals surface area contributed by atoms with Gasteiger partial charge in [0.05, 0.1) is 23.2 Å². The van der Waals surface area contributed by atoms with Crippen LogP contribution in [0.5, 0.6) is 0 Å². The number of hydrogen-bond donors (Lipinski definition) is 3. The Kier molecular flexibility index (Phi) is 6.13. The van der Waals surface area contributed by atoms with Gasteiger partial charge < -0.3 is 10.4 Å². The molecule has 1 saturated carbocycles. The fraction of sp³-hybridized carbons (Fsp3) is 0.522. The third-order valence-electron chi connectivity index (χ3n) is 6.07. The van der Waals surface area contributed by atoms with Crippen LogP contribution in [0.3, 0.4) is 0 Å². The van der Waals surface area contributed by atoms with Gasteiger partial charge in [-0.25, -0.2) is 18.1 Å². The Morgan fingerprint density at radius 1 is 1.19 bits per heavy atom. The van der Waals surface area contributed by atoms with Crippen molar-refractivity contribution < 1.29 is 13.5 Å². The number of aliphatic hydroxyl groups is 1. The van der Waals surface area contributed by atoms with Gasteiger partial charge in [0, 0.05) is 29.7 Å². The monoisotopic (exact) mass is 476 g/mol. The maximum atomic E-state index is 13.3. The van der Waals surface area contributed by atoms with Crippen molar-refractivity contribution in [1.29, 1.82) is 0 Å². The fourth-order valence-electron chi connectivity index (χ4n) is 4.22. The minimum absolute atomic E-state index is 0.0124. The normalized spacial score (nSPS) is 20.1. The van der Waals surface area contributed by atoms with Gasteiger partial charge in [-0.05, 0) is 50.2 Å². The van der Waals surface area contributed by atoms with Gasteiger partial charge in [0.1, 0.15) is 4.90 Å². The van der Waals surface area contributed by atoms with Crippen LogP contribution in [0.2, 0.25) is 0 Å². The molecule has 1 aromatic carbocycles. The van der Waals surface area contributed by atoms with Crippen LogP contribution in [-0.2, 0) is 15.4 Å². The van der Waals surface area contributed by atoms with Gasteiger partial charge in [0.15, 0.2) is 4.96 Å². The highest BCUT2D eigenvalue weighted by Gasteiger charge is 2.28. The number of aryl methyl sites for hydroxylation is 1. The standard InChI is InChI=1S/C23H32N4O3S2/c1-14-21(27-13-20(23(2,3)4)31-22(27)25-14)15-6-11-18(24-5)19(12-15)32(29,30)26-16-7-9-17(28)10-8-16/h6,11-13,16-17,24,26,28H,7-10H2,1-5H3. The number of sulfonamides is 1. The van der Waals surface area contributed by atoms with Crippen LogP contribution in [0, 0.1) is 6.92 Å². The summed E-state index contributed by atoms with van der Waals surface area (Å²) >= 11 is 1.66. The lowest BCUT2D eigenvalue weighted by Gasteiger charge is -2.26. The summed E-state index contributed by atoms with van der Waals surface area (Å²) in [6.07, 6.45) is 4.30. The maximum Gasteiger partial charge on any atom is 0.242 e. The molecule has 0 bridgehead atoms. The summed E-state index contributed by atoms with van der Waals surface area (Å²) < 4.78 is 31.6. The van der Waals surface area contributed by atoms with Gasteiger partial charge >= 0.3 is 0 Å². The summed E-state index contributed by atoms with van der Waals surface area (Å²) in [6, 6.07) is 5.32. The number of fused-ring (bicyclic) bond motifs is 1. The summed E-state index contributed by atoms with van der Waals surface area (Å²) in [5.41, 5.74) is 3.15. The second kappa shape index (κ2) is 8.44. The van der Waals surface area contributed by atoms with E-state index in [1.165, 1.54) is 4.88 Å². The molecule has 1 aliphatic rings. The lowest BCUT2D eigenvalue weighted by Crippen LogP contribution is -2.38. The van der Waals surface area contributed by atoms with Gasteiger partial charge in [-0.1, -0.05) is 26.8 Å². The minimum atomic E-state index is -3.74. The number of anilines is 1. The van der Waals surface area contributed by atoms with Crippen LogP contribution in [0.1, 0.15) is 57.0 Å². The summed E-state index contributed by atoms with van der Waals surface area (Å²) in [6.45, 7) is 8.48. The molecule has 0 saturated heterocycles. The Balaban J connectivity index is 1.75. The number of imidazole rings is 1. The average molecular weight is 477 g/mol. The van der Waals surface area contributed by atoms with Gasteiger partial charge in [0.25, 0.3) is 0 Å². The van der Waals surface area contributed by atoms with Crippen LogP contribution in [0.25, 0.3) is 16.2 Å². The Hall–Kier alpha value is -1.94. The fourth-order valence-corrected chi connectivity index (χ4v) is 6.85. The van der Waals surface area contributed by atoms with Crippen molar-refractivity contribution in [3.8, 4) is 11.3 Å². The van der Waals surface area contributed by atoms with Crippen molar-refractivity contribution in [3.05, 3.63) is 35.0 Å². The molecular weight excluding hydrogens is 444 g/mol. The van der Waals surface area contributed by atoms with Crippen molar-refractivity contribution in [2.75, 3.05) is 12.4 Å². The molecule has 4 rings (SSSR count). The van der Waals surface area contributed by atoms with E-state index >= 15 is 0 Å². The third kappa shape index (κ3) is 4.44. The largest absolute Gasteiger partial charge is 0.393 e. The summed E-state index contributed by atoms with van der Waals surface area (Å²) in [5, 5.41) is 12.8. The van der Waals surface area contributed by atoms with E-state index in [9.17, 15) is 13.5 Å². The first-order chi connectivity index (χ1) is 15.0. The van der Waals surface area contributed by atoms with Crippen LogP contribution >= 0.6 is 11.3 Å². The summed E-state index contributed by atoms with van der Waals surface area (Å²) in [4.78, 5) is 7.09. The number of hydrogen-bond acceptors (Lipinski definition) is 6.